The summed E-state index contributed by atoms with van der Waals surface area (Å²) < 4.78 is 10.1. The fraction of sp³-hybridized carbons (Fsp3) is 0.615. The Morgan fingerprint density at radius 3 is 2.57 bits per heavy atom. The number of carbonyl (C=O) groups excluding carboxylic acids is 2. The first-order valence-corrected chi connectivity index (χ1v) is 6.85. The Hall–Kier alpha value is -2.09. The molecule has 0 atom stereocenters. The number of ether oxygens (including phenoxy) is 2. The van der Waals surface area contributed by atoms with Crippen molar-refractivity contribution in [3.63, 3.8) is 0 Å². The Labute approximate surface area is 123 Å². The Morgan fingerprint density at radius 2 is 1.95 bits per heavy atom. The van der Waals surface area contributed by atoms with E-state index in [2.05, 4.69) is 11.7 Å². The van der Waals surface area contributed by atoms with E-state index in [1.807, 2.05) is 5.53 Å². The Balaban J connectivity index is 2.29. The number of hydrogen-bond acceptors (Lipinski definition) is 7. The van der Waals surface area contributed by atoms with Gasteiger partial charge in [0.25, 0.3) is 0 Å². The molecule has 0 saturated heterocycles. The smallest absolute Gasteiger partial charge is 0.334 e. The van der Waals surface area contributed by atoms with Crippen molar-refractivity contribution in [1.82, 2.24) is 5.53 Å². The van der Waals surface area contributed by atoms with Gasteiger partial charge in [-0.25, -0.2) is 16.2 Å². The van der Waals surface area contributed by atoms with E-state index in [1.54, 1.807) is 0 Å². The van der Waals surface area contributed by atoms with E-state index in [-0.39, 0.29) is 30.5 Å². The highest BCUT2D eigenvalue weighted by Gasteiger charge is 2.20. The quantitative estimate of drug-likeness (QED) is 0.152. The fourth-order valence-corrected chi connectivity index (χ4v) is 2.01. The van der Waals surface area contributed by atoms with Gasteiger partial charge in [-0.3, -0.25) is 4.79 Å². The van der Waals surface area contributed by atoms with Crippen LogP contribution in [-0.2, 0) is 19.1 Å². The average molecular weight is 298 g/mol. The Kier molecular flexibility index (Phi) is 7.24. The lowest BCUT2D eigenvalue weighted by Gasteiger charge is -2.21. The van der Waals surface area contributed by atoms with Gasteiger partial charge in [0.2, 0.25) is 0 Å². The molecule has 1 saturated carbocycles. The SMILES string of the molecule is C=C(CC(=O)OC1CCCCC1)C(=O)OC/C(N)=N/NN. The maximum absolute atomic E-state index is 11.7. The van der Waals surface area contributed by atoms with Gasteiger partial charge in [-0.05, 0) is 25.7 Å². The van der Waals surface area contributed by atoms with Crippen LogP contribution in [0.1, 0.15) is 38.5 Å². The van der Waals surface area contributed by atoms with Gasteiger partial charge in [-0.1, -0.05) is 13.0 Å². The van der Waals surface area contributed by atoms with Crippen molar-refractivity contribution >= 4 is 17.8 Å². The van der Waals surface area contributed by atoms with Crippen molar-refractivity contribution in [2.24, 2.45) is 16.7 Å². The highest BCUT2D eigenvalue weighted by Crippen LogP contribution is 2.21. The van der Waals surface area contributed by atoms with Gasteiger partial charge >= 0.3 is 11.9 Å². The van der Waals surface area contributed by atoms with E-state index in [0.29, 0.717) is 0 Å². The predicted molar refractivity (Wildman–Crippen MR) is 76.6 cm³/mol. The summed E-state index contributed by atoms with van der Waals surface area (Å²) in [6, 6.07) is 0. The number of hydrogen-bond donors (Lipinski definition) is 3. The molecule has 21 heavy (non-hydrogen) atoms. The van der Waals surface area contributed by atoms with Gasteiger partial charge in [-0.15, -0.1) is 5.10 Å². The first-order valence-electron chi connectivity index (χ1n) is 6.85. The van der Waals surface area contributed by atoms with Crippen LogP contribution in [0.25, 0.3) is 0 Å². The molecule has 118 valence electrons. The zero-order chi connectivity index (χ0) is 15.7. The molecule has 0 aromatic heterocycles. The summed E-state index contributed by atoms with van der Waals surface area (Å²) in [6.07, 6.45) is 4.82. The van der Waals surface area contributed by atoms with Crippen LogP contribution in [0.4, 0.5) is 0 Å². The average Bonchev–Trinajstić information content (AvgIpc) is 2.45. The van der Waals surface area contributed by atoms with Crippen LogP contribution in [0.3, 0.4) is 0 Å². The minimum Gasteiger partial charge on any atom is -0.462 e. The van der Waals surface area contributed by atoms with Gasteiger partial charge < -0.3 is 15.2 Å². The summed E-state index contributed by atoms with van der Waals surface area (Å²) in [5.74, 6) is 3.74. The van der Waals surface area contributed by atoms with Crippen LogP contribution >= 0.6 is 0 Å². The molecule has 5 N–H and O–H groups in total. The number of esters is 2. The molecule has 0 spiro atoms. The van der Waals surface area contributed by atoms with Crippen LogP contribution in [0.2, 0.25) is 0 Å². The molecule has 0 aromatic rings. The molecule has 1 aliphatic carbocycles. The lowest BCUT2D eigenvalue weighted by Crippen LogP contribution is -2.28. The molecular formula is C13H22N4O4. The summed E-state index contributed by atoms with van der Waals surface area (Å²) in [7, 11) is 0. The van der Waals surface area contributed by atoms with Crippen LogP contribution < -0.4 is 17.1 Å². The van der Waals surface area contributed by atoms with E-state index in [1.165, 1.54) is 6.42 Å². The second-order valence-electron chi connectivity index (χ2n) is 4.84. The monoisotopic (exact) mass is 298 g/mol. The van der Waals surface area contributed by atoms with Crippen LogP contribution in [0.5, 0.6) is 0 Å². The number of nitrogens with zero attached hydrogens (tertiary/aromatic N) is 1. The van der Waals surface area contributed by atoms with Gasteiger partial charge in [0.05, 0.1) is 6.42 Å². The third kappa shape index (κ3) is 6.75. The van der Waals surface area contributed by atoms with E-state index in [0.717, 1.165) is 25.7 Å². The van der Waals surface area contributed by atoms with Gasteiger partial charge in [0, 0.05) is 5.57 Å². The van der Waals surface area contributed by atoms with Crippen molar-refractivity contribution in [2.45, 2.75) is 44.6 Å². The third-order valence-electron chi connectivity index (χ3n) is 3.06. The first-order chi connectivity index (χ1) is 10.0. The summed E-state index contributed by atoms with van der Waals surface area (Å²) in [6.45, 7) is 3.28. The van der Waals surface area contributed by atoms with Crippen molar-refractivity contribution in [2.75, 3.05) is 6.61 Å². The number of hydrazone groups is 1. The van der Waals surface area contributed by atoms with Gasteiger partial charge in [0.1, 0.15) is 6.10 Å². The molecule has 0 heterocycles. The number of nitrogens with two attached hydrogens (primary N) is 2. The zero-order valence-electron chi connectivity index (χ0n) is 12.0. The number of amidine groups is 1. The summed E-state index contributed by atoms with van der Waals surface area (Å²) in [4.78, 5) is 23.3. The minimum absolute atomic E-state index is 0.00318. The second kappa shape index (κ2) is 8.96. The first kappa shape index (κ1) is 17.0. The molecule has 0 aromatic carbocycles. The summed E-state index contributed by atoms with van der Waals surface area (Å²) in [5.41, 5.74) is 7.36. The van der Waals surface area contributed by atoms with Crippen LogP contribution in [-0.4, -0.2) is 30.5 Å². The molecule has 0 amide bonds. The van der Waals surface area contributed by atoms with Crippen LogP contribution in [0, 0.1) is 0 Å². The Morgan fingerprint density at radius 1 is 1.29 bits per heavy atom. The molecule has 1 aliphatic rings. The van der Waals surface area contributed by atoms with Crippen molar-refractivity contribution < 1.29 is 19.1 Å². The number of hydrazine groups is 1. The van der Waals surface area contributed by atoms with Gasteiger partial charge in [0.15, 0.2) is 12.4 Å². The largest absolute Gasteiger partial charge is 0.462 e. The lowest BCUT2D eigenvalue weighted by molar-refractivity contribution is -0.151. The molecular weight excluding hydrogens is 276 g/mol. The van der Waals surface area contributed by atoms with E-state index < -0.39 is 11.9 Å². The topological polar surface area (TPSA) is 129 Å². The normalized spacial score (nSPS) is 16.1. The van der Waals surface area contributed by atoms with E-state index in [4.69, 9.17) is 21.1 Å². The molecule has 8 heteroatoms. The van der Waals surface area contributed by atoms with E-state index in [9.17, 15) is 9.59 Å². The summed E-state index contributed by atoms with van der Waals surface area (Å²) >= 11 is 0. The highest BCUT2D eigenvalue weighted by atomic mass is 16.5. The number of rotatable bonds is 7. The van der Waals surface area contributed by atoms with E-state index >= 15 is 0 Å². The minimum atomic E-state index is -0.717. The number of carbonyl (C=O) groups is 2. The van der Waals surface area contributed by atoms with Gasteiger partial charge in [-0.2, -0.15) is 0 Å². The molecule has 0 bridgehead atoms. The highest BCUT2D eigenvalue weighted by molar-refractivity contribution is 5.94. The van der Waals surface area contributed by atoms with Crippen molar-refractivity contribution in [1.29, 1.82) is 0 Å². The maximum atomic E-state index is 11.7. The second-order valence-corrected chi connectivity index (χ2v) is 4.84. The van der Waals surface area contributed by atoms with Crippen molar-refractivity contribution in [3.8, 4) is 0 Å². The molecule has 0 aliphatic heterocycles. The standard InChI is InChI=1S/C13H22N4O4/c1-9(13(19)20-8-11(14)16-17-15)7-12(18)21-10-5-3-2-4-6-10/h10,17H,1-8,15H2,(H2,14,16). The van der Waals surface area contributed by atoms with Crippen LogP contribution in [0.15, 0.2) is 17.3 Å². The predicted octanol–water partition coefficient (Wildman–Crippen LogP) is 0.0873. The lowest BCUT2D eigenvalue weighted by atomic mass is 9.98. The van der Waals surface area contributed by atoms with Crippen molar-refractivity contribution in [3.05, 3.63) is 12.2 Å². The zero-order valence-corrected chi connectivity index (χ0v) is 12.0. The fourth-order valence-electron chi connectivity index (χ4n) is 2.01. The third-order valence-corrected chi connectivity index (χ3v) is 3.06. The molecule has 1 rings (SSSR count). The molecule has 1 fully saturated rings. The molecule has 0 radical (unpaired) electrons. The molecule has 0 unspecified atom stereocenters. The summed E-state index contributed by atoms with van der Waals surface area (Å²) in [5, 5.41) is 3.42. The Bertz CT molecular complexity index is 416. The number of nitrogens with one attached hydrogen (secondary N) is 1. The molecule has 8 nitrogen and oxygen atoms in total. The maximum Gasteiger partial charge on any atom is 0.334 e.